The van der Waals surface area contributed by atoms with Crippen molar-refractivity contribution >= 4 is 5.91 Å². The third kappa shape index (κ3) is 1.65. The molecule has 0 aromatic heterocycles. The van der Waals surface area contributed by atoms with Crippen LogP contribution in [0.2, 0.25) is 0 Å². The average molecular weight is 197 g/mol. The van der Waals surface area contributed by atoms with E-state index in [2.05, 4.69) is 0 Å². The van der Waals surface area contributed by atoms with Crippen molar-refractivity contribution in [2.24, 2.45) is 17.8 Å². The smallest absolute Gasteiger partial charge is 0.225 e. The molecule has 1 saturated heterocycles. The van der Waals surface area contributed by atoms with Crippen molar-refractivity contribution in [3.05, 3.63) is 0 Å². The van der Waals surface area contributed by atoms with Crippen molar-refractivity contribution < 1.29 is 9.90 Å². The number of amides is 1. The SMILES string of the molecule is CC(C)C(=O)N1C[C@H]2C[C@@H](O)C[C@H]2C1. The summed E-state index contributed by atoms with van der Waals surface area (Å²) in [5, 5.41) is 9.47. The van der Waals surface area contributed by atoms with Gasteiger partial charge in [-0.05, 0) is 24.7 Å². The molecule has 0 radical (unpaired) electrons. The molecule has 2 aliphatic rings. The molecule has 3 nitrogen and oxygen atoms in total. The van der Waals surface area contributed by atoms with Gasteiger partial charge in [-0.2, -0.15) is 0 Å². The molecule has 0 bridgehead atoms. The summed E-state index contributed by atoms with van der Waals surface area (Å²) < 4.78 is 0. The molecular weight excluding hydrogens is 178 g/mol. The van der Waals surface area contributed by atoms with Crippen LogP contribution in [-0.2, 0) is 4.79 Å². The molecule has 2 rings (SSSR count). The molecule has 1 amide bonds. The highest BCUT2D eigenvalue weighted by atomic mass is 16.3. The van der Waals surface area contributed by atoms with Crippen molar-refractivity contribution in [1.29, 1.82) is 0 Å². The maximum Gasteiger partial charge on any atom is 0.225 e. The number of rotatable bonds is 1. The maximum atomic E-state index is 11.7. The van der Waals surface area contributed by atoms with E-state index in [1.54, 1.807) is 0 Å². The lowest BCUT2D eigenvalue weighted by atomic mass is 10.0. The molecule has 1 N–H and O–H groups in total. The fraction of sp³-hybridized carbons (Fsp3) is 0.909. The molecule has 1 aliphatic heterocycles. The molecule has 0 aromatic rings. The number of nitrogens with zero attached hydrogens (tertiary/aromatic N) is 1. The van der Waals surface area contributed by atoms with Crippen LogP contribution in [-0.4, -0.2) is 35.1 Å². The zero-order chi connectivity index (χ0) is 10.3. The summed E-state index contributed by atoms with van der Waals surface area (Å²) in [5.74, 6) is 1.51. The molecule has 1 saturated carbocycles. The van der Waals surface area contributed by atoms with Crippen LogP contribution in [0.3, 0.4) is 0 Å². The third-order valence-electron chi connectivity index (χ3n) is 3.53. The highest BCUT2D eigenvalue weighted by Crippen LogP contribution is 2.38. The lowest BCUT2D eigenvalue weighted by Gasteiger charge is -2.20. The first-order valence-corrected chi connectivity index (χ1v) is 5.54. The van der Waals surface area contributed by atoms with Gasteiger partial charge in [0.2, 0.25) is 5.91 Å². The zero-order valence-electron chi connectivity index (χ0n) is 8.94. The molecule has 14 heavy (non-hydrogen) atoms. The number of hydrogen-bond acceptors (Lipinski definition) is 2. The van der Waals surface area contributed by atoms with E-state index in [0.29, 0.717) is 11.8 Å². The van der Waals surface area contributed by atoms with Gasteiger partial charge >= 0.3 is 0 Å². The Hall–Kier alpha value is -0.570. The predicted octanol–water partition coefficient (Wildman–Crippen LogP) is 0.872. The molecule has 1 heterocycles. The Morgan fingerprint density at radius 1 is 1.29 bits per heavy atom. The molecule has 0 unspecified atom stereocenters. The van der Waals surface area contributed by atoms with Gasteiger partial charge in [-0.25, -0.2) is 0 Å². The Morgan fingerprint density at radius 3 is 2.21 bits per heavy atom. The largest absolute Gasteiger partial charge is 0.393 e. The van der Waals surface area contributed by atoms with Crippen LogP contribution in [0.15, 0.2) is 0 Å². The maximum absolute atomic E-state index is 11.7. The number of fused-ring (bicyclic) bond motifs is 1. The Kier molecular flexibility index (Phi) is 2.52. The van der Waals surface area contributed by atoms with Gasteiger partial charge in [-0.3, -0.25) is 4.79 Å². The van der Waals surface area contributed by atoms with Crippen LogP contribution in [0.4, 0.5) is 0 Å². The monoisotopic (exact) mass is 197 g/mol. The van der Waals surface area contributed by atoms with Crippen LogP contribution < -0.4 is 0 Å². The number of likely N-dealkylation sites (tertiary alicyclic amines) is 1. The summed E-state index contributed by atoms with van der Waals surface area (Å²) in [6.45, 7) is 5.65. The van der Waals surface area contributed by atoms with Crippen LogP contribution in [0.1, 0.15) is 26.7 Å². The molecule has 0 spiro atoms. The van der Waals surface area contributed by atoms with E-state index in [4.69, 9.17) is 0 Å². The van der Waals surface area contributed by atoms with Crippen molar-refractivity contribution in [2.45, 2.75) is 32.8 Å². The normalized spacial score (nSPS) is 36.6. The van der Waals surface area contributed by atoms with E-state index in [1.807, 2.05) is 18.7 Å². The van der Waals surface area contributed by atoms with Crippen LogP contribution in [0.25, 0.3) is 0 Å². The van der Waals surface area contributed by atoms with Gasteiger partial charge in [-0.15, -0.1) is 0 Å². The lowest BCUT2D eigenvalue weighted by Crippen LogP contribution is -2.33. The van der Waals surface area contributed by atoms with Crippen molar-refractivity contribution in [3.8, 4) is 0 Å². The van der Waals surface area contributed by atoms with E-state index in [-0.39, 0.29) is 17.9 Å². The second-order valence-electron chi connectivity index (χ2n) is 5.04. The quantitative estimate of drug-likeness (QED) is 0.677. The first-order chi connectivity index (χ1) is 6.58. The lowest BCUT2D eigenvalue weighted by molar-refractivity contribution is -0.133. The summed E-state index contributed by atoms with van der Waals surface area (Å²) in [7, 11) is 0. The molecule has 3 atom stereocenters. The molecular formula is C11H19NO2. The fourth-order valence-corrected chi connectivity index (χ4v) is 2.81. The van der Waals surface area contributed by atoms with Gasteiger partial charge in [0.05, 0.1) is 6.10 Å². The Bertz CT molecular complexity index is 225. The summed E-state index contributed by atoms with van der Waals surface area (Å²) >= 11 is 0. The molecule has 3 heteroatoms. The molecule has 1 aliphatic carbocycles. The van der Waals surface area contributed by atoms with Crippen LogP contribution >= 0.6 is 0 Å². The number of aliphatic hydroxyl groups excluding tert-OH is 1. The highest BCUT2D eigenvalue weighted by molar-refractivity contribution is 5.78. The van der Waals surface area contributed by atoms with Gasteiger partial charge in [0.1, 0.15) is 0 Å². The molecule has 0 aromatic carbocycles. The zero-order valence-corrected chi connectivity index (χ0v) is 8.94. The van der Waals surface area contributed by atoms with Crippen LogP contribution in [0, 0.1) is 17.8 Å². The van der Waals surface area contributed by atoms with Gasteiger partial charge < -0.3 is 10.0 Å². The number of carbonyl (C=O) groups excluding carboxylic acids is 1. The first kappa shape index (κ1) is 9.97. The molecule has 2 fully saturated rings. The number of aliphatic hydroxyl groups is 1. The van der Waals surface area contributed by atoms with Gasteiger partial charge in [-0.1, -0.05) is 13.8 Å². The summed E-state index contributed by atoms with van der Waals surface area (Å²) in [6, 6.07) is 0. The summed E-state index contributed by atoms with van der Waals surface area (Å²) in [4.78, 5) is 13.7. The number of carbonyl (C=O) groups is 1. The third-order valence-corrected chi connectivity index (χ3v) is 3.53. The highest BCUT2D eigenvalue weighted by Gasteiger charge is 2.41. The first-order valence-electron chi connectivity index (χ1n) is 5.54. The van der Waals surface area contributed by atoms with Crippen molar-refractivity contribution in [1.82, 2.24) is 4.90 Å². The van der Waals surface area contributed by atoms with E-state index in [0.717, 1.165) is 25.9 Å². The van der Waals surface area contributed by atoms with E-state index >= 15 is 0 Å². The van der Waals surface area contributed by atoms with Gasteiger partial charge in [0, 0.05) is 19.0 Å². The van der Waals surface area contributed by atoms with Gasteiger partial charge in [0.25, 0.3) is 0 Å². The van der Waals surface area contributed by atoms with E-state index in [1.165, 1.54) is 0 Å². The standard InChI is InChI=1S/C11H19NO2/c1-7(2)11(14)12-5-8-3-10(13)4-9(8)6-12/h7-10,13H,3-6H2,1-2H3/t8-,9+,10-. The molecule has 80 valence electrons. The summed E-state index contributed by atoms with van der Waals surface area (Å²) in [6.07, 6.45) is 1.68. The van der Waals surface area contributed by atoms with Crippen LogP contribution in [0.5, 0.6) is 0 Å². The second kappa shape index (κ2) is 3.54. The van der Waals surface area contributed by atoms with Crippen molar-refractivity contribution in [3.63, 3.8) is 0 Å². The minimum absolute atomic E-state index is 0.110. The fourth-order valence-electron chi connectivity index (χ4n) is 2.81. The average Bonchev–Trinajstić information content (AvgIpc) is 2.59. The van der Waals surface area contributed by atoms with Crippen molar-refractivity contribution in [2.75, 3.05) is 13.1 Å². The minimum atomic E-state index is -0.110. The second-order valence-corrected chi connectivity index (χ2v) is 5.04. The Balaban J connectivity index is 1.94. The number of hydrogen-bond donors (Lipinski definition) is 1. The van der Waals surface area contributed by atoms with E-state index in [9.17, 15) is 9.90 Å². The Labute approximate surface area is 85.1 Å². The predicted molar refractivity (Wildman–Crippen MR) is 53.6 cm³/mol. The topological polar surface area (TPSA) is 40.5 Å². The Morgan fingerprint density at radius 2 is 1.79 bits per heavy atom. The summed E-state index contributed by atoms with van der Waals surface area (Å²) in [5.41, 5.74) is 0. The van der Waals surface area contributed by atoms with E-state index < -0.39 is 0 Å². The minimum Gasteiger partial charge on any atom is -0.393 e. The van der Waals surface area contributed by atoms with Gasteiger partial charge in [0.15, 0.2) is 0 Å².